The van der Waals surface area contributed by atoms with Gasteiger partial charge in [-0.25, -0.2) is 4.68 Å². The lowest BCUT2D eigenvalue weighted by molar-refractivity contribution is -0.117. The van der Waals surface area contributed by atoms with Gasteiger partial charge in [-0.2, -0.15) is 0 Å². The lowest BCUT2D eigenvalue weighted by Gasteiger charge is -1.99. The molecule has 0 aliphatic carbocycles. The molecule has 0 fully saturated rings. The van der Waals surface area contributed by atoms with E-state index in [9.17, 15) is 4.79 Å². The van der Waals surface area contributed by atoms with E-state index in [0.717, 1.165) is 11.4 Å². The molecule has 1 aromatic rings. The number of carbonyl (C=O) groups is 1. The van der Waals surface area contributed by atoms with Gasteiger partial charge in [0.05, 0.1) is 11.9 Å². The number of nitrogens with two attached hydrogens (primary N) is 1. The van der Waals surface area contributed by atoms with Gasteiger partial charge in [0.25, 0.3) is 5.91 Å². The van der Waals surface area contributed by atoms with Crippen molar-refractivity contribution in [2.75, 3.05) is 6.54 Å². The number of carbonyl (C=O) groups excluding carboxylic acids is 1. The third kappa shape index (κ3) is 28.0. The number of allylic oxidation sites excluding steroid dienone is 2. The number of nitrogens with one attached hydrogen (secondary N) is 1. The van der Waals surface area contributed by atoms with Crippen LogP contribution >= 0.6 is 0 Å². The minimum Gasteiger partial charge on any atom is -0.352 e. The maximum absolute atomic E-state index is 11.0. The van der Waals surface area contributed by atoms with Crippen molar-refractivity contribution < 1.29 is 4.79 Å². The van der Waals surface area contributed by atoms with E-state index in [0.29, 0.717) is 18.7 Å². The van der Waals surface area contributed by atoms with Crippen LogP contribution in [0.3, 0.4) is 0 Å². The van der Waals surface area contributed by atoms with Crippen LogP contribution in [-0.4, -0.2) is 27.4 Å². The van der Waals surface area contributed by atoms with Crippen LogP contribution in [0.5, 0.6) is 0 Å². The van der Waals surface area contributed by atoms with E-state index >= 15 is 0 Å². The molecule has 0 bridgehead atoms. The van der Waals surface area contributed by atoms with E-state index in [-0.39, 0.29) is 5.91 Å². The molecule has 30 heavy (non-hydrogen) atoms. The zero-order valence-corrected chi connectivity index (χ0v) is 22.4. The van der Waals surface area contributed by atoms with Crippen molar-refractivity contribution >= 4 is 11.6 Å². The van der Waals surface area contributed by atoms with Crippen molar-refractivity contribution in [1.29, 1.82) is 0 Å². The summed E-state index contributed by atoms with van der Waals surface area (Å²) in [6, 6.07) is 0. The Hall–Kier alpha value is -2.21. The molecule has 6 nitrogen and oxygen atoms in total. The van der Waals surface area contributed by atoms with E-state index in [4.69, 9.17) is 5.73 Å². The Morgan fingerprint density at radius 3 is 1.73 bits per heavy atom. The van der Waals surface area contributed by atoms with Crippen LogP contribution < -0.4 is 11.1 Å². The Bertz CT molecular complexity index is 492. The Morgan fingerprint density at radius 1 is 1.10 bits per heavy atom. The average molecular weight is 428 g/mol. The van der Waals surface area contributed by atoms with Gasteiger partial charge in [0, 0.05) is 24.4 Å². The molecule has 0 aliphatic rings. The third-order valence-electron chi connectivity index (χ3n) is 2.27. The van der Waals surface area contributed by atoms with E-state index in [1.165, 1.54) is 0 Å². The van der Waals surface area contributed by atoms with Crippen molar-refractivity contribution in [3.8, 4) is 0 Å². The maximum atomic E-state index is 11.0. The van der Waals surface area contributed by atoms with Gasteiger partial charge in [0.15, 0.2) is 0 Å². The van der Waals surface area contributed by atoms with Crippen molar-refractivity contribution in [3.63, 3.8) is 0 Å². The quantitative estimate of drug-likeness (QED) is 0.409. The highest BCUT2D eigenvalue weighted by Crippen LogP contribution is 1.97. The standard InChI is InChI=1S/C8H13NO.C6H10N4.5C2H6/c1-4-7(5-2)8(10)9-6-3;1-5(2)10-4-6(3-7)8-9-10;5*1-2/h4-5H,1,6H2,2-3H3,(H,9,10);4H,1,3,7H2,2H3;5*1-2H3/b7-5+;;;;;;. The van der Waals surface area contributed by atoms with Crippen LogP contribution in [0.25, 0.3) is 5.70 Å². The molecular weight excluding hydrogens is 374 g/mol. The second-order valence-electron chi connectivity index (χ2n) is 3.90. The molecule has 0 saturated carbocycles. The van der Waals surface area contributed by atoms with Crippen LogP contribution in [0.15, 0.2) is 37.1 Å². The fourth-order valence-electron chi connectivity index (χ4n) is 1.18. The second kappa shape index (κ2) is 41.2. The molecule has 1 aromatic heterocycles. The van der Waals surface area contributed by atoms with Crippen LogP contribution in [-0.2, 0) is 11.3 Å². The van der Waals surface area contributed by atoms with E-state index < -0.39 is 0 Å². The van der Waals surface area contributed by atoms with Gasteiger partial charge in [0.1, 0.15) is 0 Å². The van der Waals surface area contributed by atoms with Crippen LogP contribution in [0, 0.1) is 0 Å². The summed E-state index contributed by atoms with van der Waals surface area (Å²) in [6.45, 7) is 33.8. The molecule has 6 heteroatoms. The van der Waals surface area contributed by atoms with E-state index in [1.807, 2.05) is 90.0 Å². The van der Waals surface area contributed by atoms with Gasteiger partial charge >= 0.3 is 0 Å². The third-order valence-corrected chi connectivity index (χ3v) is 2.27. The normalized spacial score (nSPS) is 7.87. The zero-order valence-electron chi connectivity index (χ0n) is 22.4. The van der Waals surface area contributed by atoms with Gasteiger partial charge in [-0.3, -0.25) is 4.79 Å². The zero-order chi connectivity index (χ0) is 25.5. The smallest absolute Gasteiger partial charge is 0.250 e. The van der Waals surface area contributed by atoms with Crippen LogP contribution in [0.4, 0.5) is 0 Å². The summed E-state index contributed by atoms with van der Waals surface area (Å²) in [5, 5.41) is 10.2. The van der Waals surface area contributed by atoms with Gasteiger partial charge in [-0.15, -0.1) is 5.10 Å². The lowest BCUT2D eigenvalue weighted by atomic mass is 10.2. The molecule has 0 saturated heterocycles. The highest BCUT2D eigenvalue weighted by molar-refractivity contribution is 5.95. The highest BCUT2D eigenvalue weighted by atomic mass is 16.1. The van der Waals surface area contributed by atoms with Crippen molar-refractivity contribution in [2.45, 2.75) is 96.6 Å². The Morgan fingerprint density at radius 2 is 1.53 bits per heavy atom. The molecule has 0 unspecified atom stereocenters. The topological polar surface area (TPSA) is 85.8 Å². The molecule has 180 valence electrons. The van der Waals surface area contributed by atoms with Gasteiger partial charge < -0.3 is 11.1 Å². The molecule has 1 heterocycles. The largest absolute Gasteiger partial charge is 0.352 e. The fraction of sp³-hybridized carbons (Fsp3) is 0.625. The molecule has 1 rings (SSSR count). The molecule has 0 aromatic carbocycles. The monoisotopic (exact) mass is 427 g/mol. The summed E-state index contributed by atoms with van der Waals surface area (Å²) in [4.78, 5) is 11.0. The summed E-state index contributed by atoms with van der Waals surface area (Å²) >= 11 is 0. The molecule has 3 N–H and O–H groups in total. The molecule has 1 amide bonds. The SMILES string of the molecule is C=C(C)n1cc(CN)nn1.C=C/C(=C\C)C(=O)NCC.CC.CC.CC.CC.CC. The van der Waals surface area contributed by atoms with Crippen LogP contribution in [0.1, 0.15) is 95.7 Å². The van der Waals surface area contributed by atoms with Crippen molar-refractivity contribution in [2.24, 2.45) is 5.73 Å². The molecule has 0 aliphatic heterocycles. The van der Waals surface area contributed by atoms with Gasteiger partial charge in [-0.1, -0.05) is 99.8 Å². The lowest BCUT2D eigenvalue weighted by Crippen LogP contribution is -2.23. The van der Waals surface area contributed by atoms with Crippen molar-refractivity contribution in [3.05, 3.63) is 42.8 Å². The summed E-state index contributed by atoms with van der Waals surface area (Å²) in [7, 11) is 0. The molecule has 0 radical (unpaired) electrons. The number of hydrogen-bond acceptors (Lipinski definition) is 4. The molecule has 0 atom stereocenters. The maximum Gasteiger partial charge on any atom is 0.250 e. The summed E-state index contributed by atoms with van der Waals surface area (Å²) < 4.78 is 1.60. The van der Waals surface area contributed by atoms with E-state index in [1.54, 1.807) is 23.0 Å². The number of rotatable bonds is 5. The minimum absolute atomic E-state index is 0.0556. The van der Waals surface area contributed by atoms with Gasteiger partial charge in [0.2, 0.25) is 0 Å². The minimum atomic E-state index is -0.0556. The Balaban J connectivity index is -0.0000000677. The van der Waals surface area contributed by atoms with Gasteiger partial charge in [-0.05, 0) is 20.8 Å². The number of amides is 1. The fourth-order valence-corrected chi connectivity index (χ4v) is 1.18. The van der Waals surface area contributed by atoms with Crippen LogP contribution in [0.2, 0.25) is 0 Å². The predicted molar refractivity (Wildman–Crippen MR) is 138 cm³/mol. The van der Waals surface area contributed by atoms with E-state index in [2.05, 4.69) is 28.8 Å². The molecule has 0 spiro atoms. The first-order valence-corrected chi connectivity index (χ1v) is 11.3. The average Bonchev–Trinajstić information content (AvgIpc) is 3.32. The first-order chi connectivity index (χ1) is 14.5. The Kier molecular flexibility index (Phi) is 57.7. The number of aromatic nitrogens is 3. The summed E-state index contributed by atoms with van der Waals surface area (Å²) in [6.07, 6.45) is 5.05. The number of likely N-dealkylation sites (N-methyl/N-ethyl adjacent to an activating group) is 1. The summed E-state index contributed by atoms with van der Waals surface area (Å²) in [5.74, 6) is -0.0556. The number of hydrogen-bond donors (Lipinski definition) is 2. The second-order valence-corrected chi connectivity index (χ2v) is 3.90. The highest BCUT2D eigenvalue weighted by Gasteiger charge is 2.00. The summed E-state index contributed by atoms with van der Waals surface area (Å²) in [5.41, 5.74) is 7.57. The first-order valence-electron chi connectivity index (χ1n) is 11.3. The Labute approximate surface area is 188 Å². The first kappa shape index (κ1) is 42.0. The number of nitrogens with zero attached hydrogens (tertiary/aromatic N) is 3. The molecular formula is C24H53N5O. The van der Waals surface area contributed by atoms with Crippen molar-refractivity contribution in [1.82, 2.24) is 20.3 Å². The predicted octanol–water partition coefficient (Wildman–Crippen LogP) is 6.61.